The second-order valence-electron chi connectivity index (χ2n) is 6.97. The maximum atomic E-state index is 12.3. The van der Waals surface area contributed by atoms with Crippen molar-refractivity contribution in [3.8, 4) is 11.5 Å². The molecule has 0 bridgehead atoms. The van der Waals surface area contributed by atoms with E-state index in [1.807, 2.05) is 55.5 Å². The molecule has 0 saturated carbocycles. The summed E-state index contributed by atoms with van der Waals surface area (Å²) >= 11 is 12.2. The topological polar surface area (TPSA) is 67.8 Å². The molecule has 30 heavy (non-hydrogen) atoms. The molecule has 1 N–H and O–H groups in total. The predicted octanol–water partition coefficient (Wildman–Crippen LogP) is 5.31. The number of rotatable bonds is 9. The average Bonchev–Trinajstić information content (AvgIpc) is 2.78. The SMILES string of the molecule is Cc1nc(-c2ccccn2)nc(CC[C@H](NC(=O)CCCCl)c2ccccc2)c1Cl. The summed E-state index contributed by atoms with van der Waals surface area (Å²) in [5.41, 5.74) is 3.21. The number of nitrogens with zero attached hydrogens (tertiary/aromatic N) is 3. The number of amides is 1. The maximum absolute atomic E-state index is 12.3. The summed E-state index contributed by atoms with van der Waals surface area (Å²) in [6.45, 7) is 1.86. The molecule has 3 rings (SSSR count). The Morgan fingerprint density at radius 2 is 1.87 bits per heavy atom. The number of carbonyl (C=O) groups excluding carboxylic acids is 1. The third kappa shape index (κ3) is 6.00. The molecule has 3 aromatic rings. The maximum Gasteiger partial charge on any atom is 0.220 e. The number of carbonyl (C=O) groups is 1. The van der Waals surface area contributed by atoms with Gasteiger partial charge in [0.15, 0.2) is 5.82 Å². The highest BCUT2D eigenvalue weighted by atomic mass is 35.5. The Kier molecular flexibility index (Phi) is 8.17. The molecular weight excluding hydrogens is 419 g/mol. The first-order valence-corrected chi connectivity index (χ1v) is 10.8. The lowest BCUT2D eigenvalue weighted by atomic mass is 10.00. The van der Waals surface area contributed by atoms with Crippen LogP contribution in [0.5, 0.6) is 0 Å². The van der Waals surface area contributed by atoms with Gasteiger partial charge in [0.25, 0.3) is 0 Å². The highest BCUT2D eigenvalue weighted by Crippen LogP contribution is 2.26. The van der Waals surface area contributed by atoms with Gasteiger partial charge in [-0.25, -0.2) is 9.97 Å². The van der Waals surface area contributed by atoms with Crippen LogP contribution in [0.15, 0.2) is 54.7 Å². The Balaban J connectivity index is 1.81. The van der Waals surface area contributed by atoms with Gasteiger partial charge in [-0.3, -0.25) is 9.78 Å². The van der Waals surface area contributed by atoms with Crippen molar-refractivity contribution >= 4 is 29.1 Å². The lowest BCUT2D eigenvalue weighted by Crippen LogP contribution is -2.29. The van der Waals surface area contributed by atoms with Crippen LogP contribution >= 0.6 is 23.2 Å². The molecule has 1 aromatic carbocycles. The van der Waals surface area contributed by atoms with Gasteiger partial charge in [-0.2, -0.15) is 0 Å². The van der Waals surface area contributed by atoms with Gasteiger partial charge in [-0.1, -0.05) is 48.0 Å². The van der Waals surface area contributed by atoms with E-state index in [0.29, 0.717) is 53.8 Å². The van der Waals surface area contributed by atoms with Gasteiger partial charge < -0.3 is 5.32 Å². The molecule has 0 aliphatic carbocycles. The number of hydrogen-bond donors (Lipinski definition) is 1. The lowest BCUT2D eigenvalue weighted by Gasteiger charge is -2.20. The molecule has 0 saturated heterocycles. The van der Waals surface area contributed by atoms with Crippen LogP contribution in [0.1, 0.15) is 42.3 Å². The van der Waals surface area contributed by atoms with Crippen LogP contribution in [0.2, 0.25) is 5.02 Å². The fraction of sp³-hybridized carbons (Fsp3) is 0.304. The van der Waals surface area contributed by atoms with Gasteiger partial charge >= 0.3 is 0 Å². The first-order valence-electron chi connectivity index (χ1n) is 9.93. The van der Waals surface area contributed by atoms with Crippen LogP contribution in [-0.4, -0.2) is 26.7 Å². The Hall–Kier alpha value is -2.50. The van der Waals surface area contributed by atoms with Crippen molar-refractivity contribution in [1.29, 1.82) is 0 Å². The van der Waals surface area contributed by atoms with Crippen LogP contribution in [0.3, 0.4) is 0 Å². The van der Waals surface area contributed by atoms with Gasteiger partial charge in [0, 0.05) is 18.5 Å². The molecule has 5 nitrogen and oxygen atoms in total. The largest absolute Gasteiger partial charge is 0.349 e. The molecule has 0 fully saturated rings. The fourth-order valence-corrected chi connectivity index (χ4v) is 3.49. The van der Waals surface area contributed by atoms with Crippen molar-refractivity contribution in [2.75, 3.05) is 5.88 Å². The van der Waals surface area contributed by atoms with Crippen LogP contribution in [-0.2, 0) is 11.2 Å². The third-order valence-corrected chi connectivity index (χ3v) is 5.48. The number of pyridine rings is 1. The van der Waals surface area contributed by atoms with E-state index in [0.717, 1.165) is 11.3 Å². The predicted molar refractivity (Wildman–Crippen MR) is 121 cm³/mol. The summed E-state index contributed by atoms with van der Waals surface area (Å²) in [4.78, 5) is 25.8. The number of aromatic nitrogens is 3. The monoisotopic (exact) mass is 442 g/mol. The fourth-order valence-electron chi connectivity index (χ4n) is 3.18. The van der Waals surface area contributed by atoms with Gasteiger partial charge in [0.2, 0.25) is 5.91 Å². The number of halogens is 2. The number of nitrogens with one attached hydrogen (secondary N) is 1. The summed E-state index contributed by atoms with van der Waals surface area (Å²) in [5.74, 6) is 1.01. The Morgan fingerprint density at radius 1 is 1.10 bits per heavy atom. The van der Waals surface area contributed by atoms with Crippen LogP contribution in [0, 0.1) is 6.92 Å². The van der Waals surface area contributed by atoms with Crippen LogP contribution < -0.4 is 5.32 Å². The first-order chi connectivity index (χ1) is 14.6. The molecule has 0 unspecified atom stereocenters. The van der Waals surface area contributed by atoms with E-state index in [4.69, 9.17) is 23.2 Å². The lowest BCUT2D eigenvalue weighted by molar-refractivity contribution is -0.121. The minimum atomic E-state index is -0.140. The Morgan fingerprint density at radius 3 is 2.57 bits per heavy atom. The zero-order valence-electron chi connectivity index (χ0n) is 16.8. The molecule has 1 amide bonds. The second-order valence-corrected chi connectivity index (χ2v) is 7.73. The zero-order valence-corrected chi connectivity index (χ0v) is 18.3. The van der Waals surface area contributed by atoms with Gasteiger partial charge in [0.05, 0.1) is 22.5 Å². The molecule has 1 atom stereocenters. The smallest absolute Gasteiger partial charge is 0.220 e. The van der Waals surface area contributed by atoms with Crippen molar-refractivity contribution < 1.29 is 4.79 Å². The molecule has 7 heteroatoms. The van der Waals surface area contributed by atoms with E-state index in [2.05, 4.69) is 20.3 Å². The Labute approximate surface area is 186 Å². The van der Waals surface area contributed by atoms with Crippen molar-refractivity contribution in [3.63, 3.8) is 0 Å². The summed E-state index contributed by atoms with van der Waals surface area (Å²) < 4.78 is 0. The molecule has 0 aliphatic rings. The summed E-state index contributed by atoms with van der Waals surface area (Å²) in [5, 5.41) is 3.67. The standard InChI is InChI=1S/C23H24Cl2N4O/c1-16-22(25)19(29-23(27-16)20-10-5-6-15-26-20)13-12-18(17-8-3-2-4-9-17)28-21(30)11-7-14-24/h2-6,8-10,15,18H,7,11-14H2,1H3,(H,28,30)/t18-/m0/s1. The summed E-state index contributed by atoms with van der Waals surface area (Å²) in [7, 11) is 0. The van der Waals surface area contributed by atoms with Crippen molar-refractivity contribution in [3.05, 3.63) is 76.7 Å². The zero-order chi connectivity index (χ0) is 21.3. The van der Waals surface area contributed by atoms with Crippen LogP contribution in [0.4, 0.5) is 0 Å². The van der Waals surface area contributed by atoms with Gasteiger partial charge in [0.1, 0.15) is 5.69 Å². The summed E-state index contributed by atoms with van der Waals surface area (Å²) in [6, 6.07) is 15.4. The van der Waals surface area contributed by atoms with Gasteiger partial charge in [-0.05, 0) is 43.9 Å². The van der Waals surface area contributed by atoms with Crippen molar-refractivity contribution in [2.45, 2.75) is 38.6 Å². The van der Waals surface area contributed by atoms with E-state index >= 15 is 0 Å². The second kappa shape index (κ2) is 11.0. The molecule has 0 aliphatic heterocycles. The molecular formula is C23H24Cl2N4O. The first kappa shape index (κ1) is 22.2. The minimum absolute atomic E-state index is 0.0105. The summed E-state index contributed by atoms with van der Waals surface area (Å²) in [6.07, 6.45) is 4.03. The van der Waals surface area contributed by atoms with E-state index in [1.54, 1.807) is 6.20 Å². The molecule has 0 radical (unpaired) electrons. The van der Waals surface area contributed by atoms with Crippen LogP contribution in [0.25, 0.3) is 11.5 Å². The molecule has 156 valence electrons. The quantitative estimate of drug-likeness (QED) is 0.455. The van der Waals surface area contributed by atoms with Crippen molar-refractivity contribution in [1.82, 2.24) is 20.3 Å². The number of hydrogen-bond acceptors (Lipinski definition) is 4. The highest BCUT2D eigenvalue weighted by Gasteiger charge is 2.18. The highest BCUT2D eigenvalue weighted by molar-refractivity contribution is 6.31. The van der Waals surface area contributed by atoms with E-state index in [9.17, 15) is 4.79 Å². The minimum Gasteiger partial charge on any atom is -0.349 e. The Bertz CT molecular complexity index is 968. The molecule has 2 heterocycles. The normalized spacial score (nSPS) is 11.8. The number of alkyl halides is 1. The third-order valence-electron chi connectivity index (χ3n) is 4.72. The number of aryl methyl sites for hydroxylation is 2. The number of benzene rings is 1. The van der Waals surface area contributed by atoms with E-state index in [-0.39, 0.29) is 11.9 Å². The van der Waals surface area contributed by atoms with E-state index in [1.165, 1.54) is 0 Å². The molecule has 0 spiro atoms. The van der Waals surface area contributed by atoms with Gasteiger partial charge in [-0.15, -0.1) is 11.6 Å². The van der Waals surface area contributed by atoms with Crippen molar-refractivity contribution in [2.24, 2.45) is 0 Å². The average molecular weight is 443 g/mol. The molecule has 2 aromatic heterocycles. The van der Waals surface area contributed by atoms with E-state index < -0.39 is 0 Å².